The quantitative estimate of drug-likeness (QED) is 0.871. The number of carbonyl (C=O) groups is 1. The second-order valence-corrected chi connectivity index (χ2v) is 7.09. The first-order chi connectivity index (χ1) is 13.2. The number of nitrogens with zero attached hydrogens (tertiary/aromatic N) is 2. The molecule has 7 heteroatoms. The summed E-state index contributed by atoms with van der Waals surface area (Å²) in [5.41, 5.74) is 1.92. The van der Waals surface area contributed by atoms with Gasteiger partial charge in [-0.15, -0.1) is 0 Å². The summed E-state index contributed by atoms with van der Waals surface area (Å²) in [6.45, 7) is 0. The molecule has 0 unspecified atom stereocenters. The number of methoxy groups -OCH3 is 3. The highest BCUT2D eigenvalue weighted by atomic mass is 16.5. The summed E-state index contributed by atoms with van der Waals surface area (Å²) >= 11 is 0. The van der Waals surface area contributed by atoms with Crippen LogP contribution >= 0.6 is 0 Å². The molecule has 4 rings (SSSR count). The first-order valence-corrected chi connectivity index (χ1v) is 9.33. The number of anilines is 1. The molecule has 1 saturated carbocycles. The lowest BCUT2D eigenvalue weighted by atomic mass is 9.86. The lowest BCUT2D eigenvalue weighted by Gasteiger charge is -2.26. The number of ether oxygens (including phenoxy) is 3. The Hall–Kier alpha value is -2.70. The van der Waals surface area contributed by atoms with Crippen molar-refractivity contribution in [3.05, 3.63) is 29.5 Å². The van der Waals surface area contributed by atoms with Crippen LogP contribution < -0.4 is 19.5 Å². The number of aromatic nitrogens is 2. The van der Waals surface area contributed by atoms with Crippen molar-refractivity contribution in [3.63, 3.8) is 0 Å². The molecule has 0 bridgehead atoms. The average Bonchev–Trinajstić information content (AvgIpc) is 3.35. The van der Waals surface area contributed by atoms with Crippen LogP contribution in [-0.4, -0.2) is 37.0 Å². The van der Waals surface area contributed by atoms with Gasteiger partial charge in [0.2, 0.25) is 5.91 Å². The van der Waals surface area contributed by atoms with E-state index in [1.54, 1.807) is 21.3 Å². The number of hydrogen-bond donors (Lipinski definition) is 1. The molecule has 1 atom stereocenters. The predicted octanol–water partition coefficient (Wildman–Crippen LogP) is 3.50. The third kappa shape index (κ3) is 3.01. The summed E-state index contributed by atoms with van der Waals surface area (Å²) in [6.07, 6.45) is 6.85. The van der Waals surface area contributed by atoms with Crippen molar-refractivity contribution in [2.75, 3.05) is 26.6 Å². The van der Waals surface area contributed by atoms with E-state index < -0.39 is 0 Å². The standard InChI is InChI=1S/C20H25N3O4/c1-25-16-10-18(27-3)17(26-2)8-14(16)13-9-19(24)22-20-15(13)11-21-23(20)12-6-4-5-7-12/h8,10-13H,4-7,9H2,1-3H3,(H,22,24)/t13-/m0/s1. The highest BCUT2D eigenvalue weighted by molar-refractivity contribution is 5.94. The Morgan fingerprint density at radius 3 is 2.33 bits per heavy atom. The van der Waals surface area contributed by atoms with E-state index in [1.807, 2.05) is 23.0 Å². The Balaban J connectivity index is 1.81. The van der Waals surface area contributed by atoms with Crippen LogP contribution in [0.15, 0.2) is 18.3 Å². The van der Waals surface area contributed by atoms with Crippen molar-refractivity contribution in [3.8, 4) is 17.2 Å². The average molecular weight is 371 g/mol. The van der Waals surface area contributed by atoms with Crippen LogP contribution in [0.4, 0.5) is 5.82 Å². The monoisotopic (exact) mass is 371 g/mol. The minimum absolute atomic E-state index is 0.0101. The lowest BCUT2D eigenvalue weighted by molar-refractivity contribution is -0.116. The summed E-state index contributed by atoms with van der Waals surface area (Å²) in [5, 5.41) is 7.67. The van der Waals surface area contributed by atoms with Gasteiger partial charge in [-0.05, 0) is 18.9 Å². The number of nitrogens with one attached hydrogen (secondary N) is 1. The van der Waals surface area contributed by atoms with Crippen molar-refractivity contribution >= 4 is 11.7 Å². The van der Waals surface area contributed by atoms with Crippen LogP contribution in [-0.2, 0) is 4.79 Å². The molecule has 1 N–H and O–H groups in total. The Kier molecular flexibility index (Phi) is 4.68. The first kappa shape index (κ1) is 17.7. The van der Waals surface area contributed by atoms with Crippen molar-refractivity contribution in [1.82, 2.24) is 9.78 Å². The van der Waals surface area contributed by atoms with Gasteiger partial charge in [0, 0.05) is 29.5 Å². The predicted molar refractivity (Wildman–Crippen MR) is 101 cm³/mol. The Morgan fingerprint density at radius 2 is 1.67 bits per heavy atom. The fourth-order valence-corrected chi connectivity index (χ4v) is 4.27. The zero-order valence-electron chi connectivity index (χ0n) is 15.9. The third-order valence-electron chi connectivity index (χ3n) is 5.63. The van der Waals surface area contributed by atoms with Crippen LogP contribution in [0.25, 0.3) is 0 Å². The molecule has 0 spiro atoms. The van der Waals surface area contributed by atoms with E-state index in [1.165, 1.54) is 12.8 Å². The molecule has 1 fully saturated rings. The molecule has 144 valence electrons. The summed E-state index contributed by atoms with van der Waals surface area (Å²) < 4.78 is 18.5. The zero-order valence-corrected chi connectivity index (χ0v) is 15.9. The van der Waals surface area contributed by atoms with Gasteiger partial charge < -0.3 is 19.5 Å². The summed E-state index contributed by atoms with van der Waals surface area (Å²) in [6, 6.07) is 4.07. The fraction of sp³-hybridized carbons (Fsp3) is 0.500. The SMILES string of the molecule is COc1cc(OC)c([C@@H]2CC(=O)Nc3c2cnn3C2CCCC2)cc1OC. The molecule has 1 aliphatic heterocycles. The smallest absolute Gasteiger partial charge is 0.226 e. The van der Waals surface area contributed by atoms with Gasteiger partial charge in [-0.1, -0.05) is 12.8 Å². The van der Waals surface area contributed by atoms with E-state index in [4.69, 9.17) is 14.2 Å². The topological polar surface area (TPSA) is 74.6 Å². The van der Waals surface area contributed by atoms with Gasteiger partial charge in [0.25, 0.3) is 0 Å². The molecule has 1 amide bonds. The molecule has 2 aromatic rings. The van der Waals surface area contributed by atoms with E-state index in [2.05, 4.69) is 10.4 Å². The number of benzene rings is 1. The molecule has 7 nitrogen and oxygen atoms in total. The fourth-order valence-electron chi connectivity index (χ4n) is 4.27. The van der Waals surface area contributed by atoms with Crippen LogP contribution in [0.1, 0.15) is 55.2 Å². The van der Waals surface area contributed by atoms with Crippen molar-refractivity contribution in [1.29, 1.82) is 0 Å². The normalized spacial score (nSPS) is 19.5. The maximum atomic E-state index is 12.5. The van der Waals surface area contributed by atoms with Gasteiger partial charge in [-0.25, -0.2) is 4.68 Å². The summed E-state index contributed by atoms with van der Waals surface area (Å²) in [7, 11) is 4.82. The molecular formula is C20H25N3O4. The van der Waals surface area contributed by atoms with E-state index >= 15 is 0 Å². The van der Waals surface area contributed by atoms with Gasteiger partial charge in [-0.2, -0.15) is 5.10 Å². The van der Waals surface area contributed by atoms with Crippen molar-refractivity contribution < 1.29 is 19.0 Å². The van der Waals surface area contributed by atoms with Crippen LogP contribution in [0.2, 0.25) is 0 Å². The molecule has 0 radical (unpaired) electrons. The molecule has 1 aromatic carbocycles. The summed E-state index contributed by atoms with van der Waals surface area (Å²) in [4.78, 5) is 12.5. The van der Waals surface area contributed by atoms with Crippen LogP contribution in [0.5, 0.6) is 17.2 Å². The third-order valence-corrected chi connectivity index (χ3v) is 5.63. The van der Waals surface area contributed by atoms with Gasteiger partial charge in [-0.3, -0.25) is 4.79 Å². The molecule has 2 aliphatic rings. The second kappa shape index (κ2) is 7.13. The molecule has 2 heterocycles. The highest BCUT2D eigenvalue weighted by Gasteiger charge is 2.34. The van der Waals surface area contributed by atoms with Crippen molar-refractivity contribution in [2.45, 2.75) is 44.1 Å². The number of fused-ring (bicyclic) bond motifs is 1. The molecule has 27 heavy (non-hydrogen) atoms. The maximum Gasteiger partial charge on any atom is 0.226 e. The minimum atomic E-state index is -0.140. The van der Waals surface area contributed by atoms with E-state index in [-0.39, 0.29) is 11.8 Å². The minimum Gasteiger partial charge on any atom is -0.496 e. The van der Waals surface area contributed by atoms with E-state index in [0.29, 0.717) is 29.7 Å². The maximum absolute atomic E-state index is 12.5. The molecule has 1 aromatic heterocycles. The van der Waals surface area contributed by atoms with E-state index in [9.17, 15) is 4.79 Å². The Bertz CT molecular complexity index is 855. The Morgan fingerprint density at radius 1 is 1.00 bits per heavy atom. The zero-order chi connectivity index (χ0) is 19.0. The van der Waals surface area contributed by atoms with Gasteiger partial charge in [0.15, 0.2) is 11.5 Å². The van der Waals surface area contributed by atoms with Crippen LogP contribution in [0.3, 0.4) is 0 Å². The Labute approximate surface area is 158 Å². The highest BCUT2D eigenvalue weighted by Crippen LogP contribution is 2.46. The van der Waals surface area contributed by atoms with E-state index in [0.717, 1.165) is 29.8 Å². The largest absolute Gasteiger partial charge is 0.496 e. The molecular weight excluding hydrogens is 346 g/mol. The number of amides is 1. The molecule has 1 aliphatic carbocycles. The van der Waals surface area contributed by atoms with Crippen molar-refractivity contribution in [2.24, 2.45) is 0 Å². The van der Waals surface area contributed by atoms with Gasteiger partial charge in [0.05, 0.1) is 33.6 Å². The summed E-state index contributed by atoms with van der Waals surface area (Å²) in [5.74, 6) is 2.55. The number of carbonyl (C=O) groups excluding carboxylic acids is 1. The van der Waals surface area contributed by atoms with Gasteiger partial charge in [0.1, 0.15) is 11.6 Å². The second-order valence-electron chi connectivity index (χ2n) is 7.09. The lowest BCUT2D eigenvalue weighted by Crippen LogP contribution is -2.26. The number of hydrogen-bond acceptors (Lipinski definition) is 5. The van der Waals surface area contributed by atoms with Crippen LogP contribution in [0, 0.1) is 0 Å². The first-order valence-electron chi connectivity index (χ1n) is 9.33. The van der Waals surface area contributed by atoms with Gasteiger partial charge >= 0.3 is 0 Å². The number of rotatable bonds is 5. The molecule has 0 saturated heterocycles.